The molecule has 0 saturated heterocycles. The third kappa shape index (κ3) is 3.85. The Morgan fingerprint density at radius 2 is 1.52 bits per heavy atom. The molecule has 3 rings (SSSR count). The summed E-state index contributed by atoms with van der Waals surface area (Å²) in [5.41, 5.74) is 7.55. The molecule has 0 aliphatic heterocycles. The number of hydrogen-bond donors (Lipinski definition) is 1. The zero-order chi connectivity index (χ0) is 14.5. The average molecular weight is 281 g/mol. The number of ether oxygens (including phenoxy) is 1. The second-order valence-electron chi connectivity index (χ2n) is 5.98. The molecule has 21 heavy (non-hydrogen) atoms. The third-order valence-corrected chi connectivity index (χ3v) is 4.35. The van der Waals surface area contributed by atoms with Crippen LogP contribution in [0.25, 0.3) is 0 Å². The lowest BCUT2D eigenvalue weighted by Crippen LogP contribution is -2.13. The number of nitrogens with two attached hydrogens (primary N) is 1. The zero-order valence-corrected chi connectivity index (χ0v) is 12.4. The molecular weight excluding hydrogens is 258 g/mol. The number of hydrogen-bond acceptors (Lipinski definition) is 2. The van der Waals surface area contributed by atoms with Crippen LogP contribution in [0, 0.1) is 5.92 Å². The van der Waals surface area contributed by atoms with Gasteiger partial charge in [0.05, 0.1) is 0 Å². The van der Waals surface area contributed by atoms with E-state index in [1.165, 1.54) is 31.2 Å². The molecule has 1 aliphatic carbocycles. The van der Waals surface area contributed by atoms with Crippen LogP contribution in [0.3, 0.4) is 0 Å². The molecular formula is C19H23NO. The Labute approximate surface area is 126 Å². The average Bonchev–Trinajstić information content (AvgIpc) is 3.02. The lowest BCUT2D eigenvalue weighted by Gasteiger charge is -2.17. The van der Waals surface area contributed by atoms with Crippen LogP contribution in [0.15, 0.2) is 54.6 Å². The fourth-order valence-electron chi connectivity index (χ4n) is 3.15. The van der Waals surface area contributed by atoms with E-state index in [1.807, 2.05) is 42.5 Å². The van der Waals surface area contributed by atoms with E-state index in [-0.39, 0.29) is 6.04 Å². The summed E-state index contributed by atoms with van der Waals surface area (Å²) in [5, 5.41) is 0. The number of para-hydroxylation sites is 1. The standard InChI is InChI=1S/C19H23NO/c20-19(14-15-6-4-5-7-15)16-10-12-18(13-11-16)21-17-8-2-1-3-9-17/h1-3,8-13,15,19H,4-7,14,20H2/t19-/m1/s1. The maximum absolute atomic E-state index is 6.34. The van der Waals surface area contributed by atoms with Gasteiger partial charge in [0.2, 0.25) is 0 Å². The SMILES string of the molecule is N[C@H](CC1CCCC1)c1ccc(Oc2ccccc2)cc1. The summed E-state index contributed by atoms with van der Waals surface area (Å²) in [5.74, 6) is 2.54. The molecule has 110 valence electrons. The fourth-order valence-corrected chi connectivity index (χ4v) is 3.15. The number of benzene rings is 2. The van der Waals surface area contributed by atoms with Gasteiger partial charge in [-0.1, -0.05) is 56.0 Å². The van der Waals surface area contributed by atoms with Crippen LogP contribution in [0.5, 0.6) is 11.5 Å². The molecule has 0 unspecified atom stereocenters. The molecule has 0 amide bonds. The molecule has 0 heterocycles. The van der Waals surface area contributed by atoms with Crippen LogP contribution in [-0.4, -0.2) is 0 Å². The molecule has 2 aromatic carbocycles. The molecule has 1 fully saturated rings. The van der Waals surface area contributed by atoms with Crippen molar-refractivity contribution in [2.75, 3.05) is 0 Å². The Morgan fingerprint density at radius 1 is 0.905 bits per heavy atom. The van der Waals surface area contributed by atoms with Gasteiger partial charge >= 0.3 is 0 Å². The predicted octanol–water partition coefficient (Wildman–Crippen LogP) is 5.06. The van der Waals surface area contributed by atoms with Crippen LogP contribution in [0.2, 0.25) is 0 Å². The largest absolute Gasteiger partial charge is 0.457 e. The van der Waals surface area contributed by atoms with Crippen molar-refractivity contribution in [3.8, 4) is 11.5 Å². The first-order valence-electron chi connectivity index (χ1n) is 7.90. The van der Waals surface area contributed by atoms with Crippen LogP contribution in [-0.2, 0) is 0 Å². The van der Waals surface area contributed by atoms with Crippen molar-refractivity contribution in [1.82, 2.24) is 0 Å². The first kappa shape index (κ1) is 14.2. The van der Waals surface area contributed by atoms with Crippen LogP contribution in [0.4, 0.5) is 0 Å². The minimum absolute atomic E-state index is 0.152. The first-order chi connectivity index (χ1) is 10.3. The topological polar surface area (TPSA) is 35.2 Å². The second kappa shape index (κ2) is 6.77. The summed E-state index contributed by atoms with van der Waals surface area (Å²) in [7, 11) is 0. The predicted molar refractivity (Wildman–Crippen MR) is 86.5 cm³/mol. The summed E-state index contributed by atoms with van der Waals surface area (Å²) in [6.07, 6.45) is 6.56. The summed E-state index contributed by atoms with van der Waals surface area (Å²) in [6.45, 7) is 0. The van der Waals surface area contributed by atoms with E-state index in [4.69, 9.17) is 10.5 Å². The lowest BCUT2D eigenvalue weighted by molar-refractivity contribution is 0.449. The molecule has 0 bridgehead atoms. The lowest BCUT2D eigenvalue weighted by atomic mass is 9.94. The fraction of sp³-hybridized carbons (Fsp3) is 0.368. The molecule has 1 saturated carbocycles. The third-order valence-electron chi connectivity index (χ3n) is 4.35. The highest BCUT2D eigenvalue weighted by atomic mass is 16.5. The van der Waals surface area contributed by atoms with Crippen LogP contribution in [0.1, 0.15) is 43.7 Å². The van der Waals surface area contributed by atoms with E-state index in [9.17, 15) is 0 Å². The van der Waals surface area contributed by atoms with E-state index in [0.29, 0.717) is 0 Å². The maximum atomic E-state index is 6.34. The van der Waals surface area contributed by atoms with Gasteiger partial charge in [0.15, 0.2) is 0 Å². The maximum Gasteiger partial charge on any atom is 0.127 e. The summed E-state index contributed by atoms with van der Waals surface area (Å²) >= 11 is 0. The summed E-state index contributed by atoms with van der Waals surface area (Å²) < 4.78 is 5.81. The van der Waals surface area contributed by atoms with Crippen molar-refractivity contribution in [3.05, 3.63) is 60.2 Å². The van der Waals surface area contributed by atoms with Gasteiger partial charge in [-0.2, -0.15) is 0 Å². The monoisotopic (exact) mass is 281 g/mol. The van der Waals surface area contributed by atoms with Gasteiger partial charge in [-0.15, -0.1) is 0 Å². The number of rotatable bonds is 5. The molecule has 1 atom stereocenters. The minimum atomic E-state index is 0.152. The van der Waals surface area contributed by atoms with Crippen LogP contribution >= 0.6 is 0 Å². The van der Waals surface area contributed by atoms with Gasteiger partial charge < -0.3 is 10.5 Å². The van der Waals surface area contributed by atoms with Crippen molar-refractivity contribution in [3.63, 3.8) is 0 Å². The highest BCUT2D eigenvalue weighted by Gasteiger charge is 2.18. The molecule has 0 spiro atoms. The molecule has 1 aliphatic rings. The van der Waals surface area contributed by atoms with Gasteiger partial charge in [-0.05, 0) is 42.2 Å². The molecule has 0 radical (unpaired) electrons. The Balaban J connectivity index is 1.60. The van der Waals surface area contributed by atoms with Gasteiger partial charge in [-0.25, -0.2) is 0 Å². The van der Waals surface area contributed by atoms with Crippen molar-refractivity contribution in [2.45, 2.75) is 38.1 Å². The van der Waals surface area contributed by atoms with Crippen molar-refractivity contribution >= 4 is 0 Å². The smallest absolute Gasteiger partial charge is 0.127 e. The molecule has 2 nitrogen and oxygen atoms in total. The van der Waals surface area contributed by atoms with Gasteiger partial charge in [0.1, 0.15) is 11.5 Å². The van der Waals surface area contributed by atoms with E-state index in [0.717, 1.165) is 23.8 Å². The summed E-state index contributed by atoms with van der Waals surface area (Å²) in [6, 6.07) is 18.2. The Morgan fingerprint density at radius 3 is 2.19 bits per heavy atom. The zero-order valence-electron chi connectivity index (χ0n) is 12.4. The highest BCUT2D eigenvalue weighted by Crippen LogP contribution is 2.32. The van der Waals surface area contributed by atoms with E-state index >= 15 is 0 Å². The Bertz CT molecular complexity index is 544. The molecule has 0 aromatic heterocycles. The second-order valence-corrected chi connectivity index (χ2v) is 5.98. The first-order valence-corrected chi connectivity index (χ1v) is 7.90. The van der Waals surface area contributed by atoms with E-state index in [2.05, 4.69) is 12.1 Å². The Hall–Kier alpha value is -1.80. The molecule has 2 N–H and O–H groups in total. The van der Waals surface area contributed by atoms with E-state index < -0.39 is 0 Å². The Kier molecular flexibility index (Phi) is 4.56. The van der Waals surface area contributed by atoms with Crippen molar-refractivity contribution in [1.29, 1.82) is 0 Å². The minimum Gasteiger partial charge on any atom is -0.457 e. The molecule has 2 heteroatoms. The van der Waals surface area contributed by atoms with Gasteiger partial charge in [-0.3, -0.25) is 0 Å². The van der Waals surface area contributed by atoms with Crippen molar-refractivity contribution in [2.24, 2.45) is 11.7 Å². The summed E-state index contributed by atoms with van der Waals surface area (Å²) in [4.78, 5) is 0. The normalized spacial score (nSPS) is 16.8. The highest BCUT2D eigenvalue weighted by molar-refractivity contribution is 5.33. The van der Waals surface area contributed by atoms with Crippen molar-refractivity contribution < 1.29 is 4.74 Å². The van der Waals surface area contributed by atoms with E-state index in [1.54, 1.807) is 0 Å². The van der Waals surface area contributed by atoms with Gasteiger partial charge in [0.25, 0.3) is 0 Å². The van der Waals surface area contributed by atoms with Gasteiger partial charge in [0, 0.05) is 6.04 Å². The quantitative estimate of drug-likeness (QED) is 0.831. The van der Waals surface area contributed by atoms with Crippen LogP contribution < -0.4 is 10.5 Å². The molecule has 2 aromatic rings.